The van der Waals surface area contributed by atoms with Gasteiger partial charge in [-0.2, -0.15) is 0 Å². The number of hydrogen-bond donors (Lipinski definition) is 4. The maximum Gasteiger partial charge on any atom is 0.250 e. The summed E-state index contributed by atoms with van der Waals surface area (Å²) in [6.07, 6.45) is 7.32. The van der Waals surface area contributed by atoms with Crippen LogP contribution in [-0.4, -0.2) is 63.7 Å². The summed E-state index contributed by atoms with van der Waals surface area (Å²) < 4.78 is 20.1. The Hall–Kier alpha value is -2.82. The lowest BCUT2D eigenvalue weighted by atomic mass is 9.90. The Balaban J connectivity index is 1.28. The number of hydrogen-bond acceptors (Lipinski definition) is 7. The number of H-pyrrole nitrogens is 1. The van der Waals surface area contributed by atoms with E-state index in [1.165, 1.54) is 0 Å². The van der Waals surface area contributed by atoms with Crippen LogP contribution in [0.15, 0.2) is 24.7 Å². The van der Waals surface area contributed by atoms with Gasteiger partial charge in [0.15, 0.2) is 17.5 Å². The van der Waals surface area contributed by atoms with Gasteiger partial charge in [-0.25, -0.2) is 19.3 Å². The minimum atomic E-state index is -0.525. The standard InChI is InChI=1S/C22H25ClFN7O2/c23-12-6-15-16(9-27-19(15)26-8-12)20-28-10-17(24)21(31-20)29-13-2-1-3-14(7-13)30-22(32)18-11-25-4-5-33-18/h6,8-10,13-14,18,25H,1-5,7,11H2,(H,26,27)(H,30,32)(H,28,29,31)/t13-,14+,18?/m0/s1. The third-order valence-electron chi connectivity index (χ3n) is 6.06. The van der Waals surface area contributed by atoms with Crippen molar-refractivity contribution < 1.29 is 13.9 Å². The van der Waals surface area contributed by atoms with Crippen LogP contribution < -0.4 is 16.0 Å². The summed E-state index contributed by atoms with van der Waals surface area (Å²) in [7, 11) is 0. The highest BCUT2D eigenvalue weighted by Crippen LogP contribution is 2.29. The van der Waals surface area contributed by atoms with Gasteiger partial charge in [-0.1, -0.05) is 11.6 Å². The Bertz CT molecular complexity index is 1150. The van der Waals surface area contributed by atoms with Crippen LogP contribution in [0.2, 0.25) is 5.02 Å². The van der Waals surface area contributed by atoms with E-state index in [0.29, 0.717) is 41.6 Å². The average molecular weight is 474 g/mol. The molecule has 3 aromatic rings. The summed E-state index contributed by atoms with van der Waals surface area (Å²) in [6.45, 7) is 1.80. The lowest BCUT2D eigenvalue weighted by Crippen LogP contribution is -2.51. The number of rotatable bonds is 5. The zero-order chi connectivity index (χ0) is 22.8. The molecule has 3 aromatic heterocycles. The summed E-state index contributed by atoms with van der Waals surface area (Å²) in [6, 6.07) is 1.75. The van der Waals surface area contributed by atoms with Crippen LogP contribution in [0.1, 0.15) is 25.7 Å². The van der Waals surface area contributed by atoms with Crippen molar-refractivity contribution in [3.05, 3.63) is 35.5 Å². The minimum Gasteiger partial charge on any atom is -0.366 e. The Kier molecular flexibility index (Phi) is 6.39. The van der Waals surface area contributed by atoms with Crippen molar-refractivity contribution in [2.75, 3.05) is 25.0 Å². The summed E-state index contributed by atoms with van der Waals surface area (Å²) in [5.74, 6) is -0.115. The van der Waals surface area contributed by atoms with Crippen molar-refractivity contribution in [1.29, 1.82) is 0 Å². The molecule has 0 spiro atoms. The summed E-state index contributed by atoms with van der Waals surface area (Å²) in [4.78, 5) is 28.4. The first-order chi connectivity index (χ1) is 16.1. The van der Waals surface area contributed by atoms with Gasteiger partial charge in [-0.15, -0.1) is 0 Å². The van der Waals surface area contributed by atoms with Crippen LogP contribution in [-0.2, 0) is 9.53 Å². The molecule has 2 aliphatic rings. The minimum absolute atomic E-state index is 0.000444. The third kappa shape index (κ3) is 4.92. The second-order valence-corrected chi connectivity index (χ2v) is 8.86. The van der Waals surface area contributed by atoms with Crippen LogP contribution in [0.4, 0.5) is 10.2 Å². The van der Waals surface area contributed by atoms with E-state index in [0.717, 1.165) is 37.4 Å². The van der Waals surface area contributed by atoms with E-state index < -0.39 is 11.9 Å². The molecule has 0 aromatic carbocycles. The molecule has 1 saturated carbocycles. The van der Waals surface area contributed by atoms with Crippen LogP contribution in [0.5, 0.6) is 0 Å². The molecule has 2 fully saturated rings. The Morgan fingerprint density at radius 1 is 1.24 bits per heavy atom. The maximum atomic E-state index is 14.6. The topological polar surface area (TPSA) is 117 Å². The van der Waals surface area contributed by atoms with Gasteiger partial charge in [0.05, 0.1) is 17.8 Å². The number of nitrogens with zero attached hydrogens (tertiary/aromatic N) is 3. The number of aromatic nitrogens is 4. The van der Waals surface area contributed by atoms with Gasteiger partial charge in [0.1, 0.15) is 11.8 Å². The molecule has 5 rings (SSSR count). The molecular formula is C22H25ClFN7O2. The number of fused-ring (bicyclic) bond motifs is 1. The average Bonchev–Trinajstić information content (AvgIpc) is 3.24. The number of aromatic amines is 1. The zero-order valence-corrected chi connectivity index (χ0v) is 18.7. The molecule has 1 saturated heterocycles. The summed E-state index contributed by atoms with van der Waals surface area (Å²) >= 11 is 6.09. The number of halogens is 2. The highest BCUT2D eigenvalue weighted by molar-refractivity contribution is 6.31. The largest absolute Gasteiger partial charge is 0.366 e. The number of carbonyl (C=O) groups excluding carboxylic acids is 1. The van der Waals surface area contributed by atoms with Crippen molar-refractivity contribution in [2.45, 2.75) is 43.9 Å². The van der Waals surface area contributed by atoms with Crippen LogP contribution >= 0.6 is 11.6 Å². The number of pyridine rings is 1. The van der Waals surface area contributed by atoms with Gasteiger partial charge in [-0.05, 0) is 31.7 Å². The Morgan fingerprint density at radius 2 is 2.12 bits per heavy atom. The molecule has 4 N–H and O–H groups in total. The highest BCUT2D eigenvalue weighted by atomic mass is 35.5. The second-order valence-electron chi connectivity index (χ2n) is 8.42. The van der Waals surface area contributed by atoms with E-state index in [-0.39, 0.29) is 23.8 Å². The van der Waals surface area contributed by atoms with E-state index >= 15 is 0 Å². The molecule has 4 heterocycles. The predicted molar refractivity (Wildman–Crippen MR) is 123 cm³/mol. The molecule has 33 heavy (non-hydrogen) atoms. The highest BCUT2D eigenvalue weighted by Gasteiger charge is 2.28. The van der Waals surface area contributed by atoms with E-state index in [1.807, 2.05) is 0 Å². The summed E-state index contributed by atoms with van der Waals surface area (Å²) in [5, 5.41) is 10.7. The van der Waals surface area contributed by atoms with Crippen LogP contribution in [0.3, 0.4) is 0 Å². The predicted octanol–water partition coefficient (Wildman–Crippen LogP) is 2.64. The zero-order valence-electron chi connectivity index (χ0n) is 17.9. The summed E-state index contributed by atoms with van der Waals surface area (Å²) in [5.41, 5.74) is 1.35. The van der Waals surface area contributed by atoms with Crippen molar-refractivity contribution in [3.63, 3.8) is 0 Å². The van der Waals surface area contributed by atoms with Gasteiger partial charge >= 0.3 is 0 Å². The van der Waals surface area contributed by atoms with Crippen molar-refractivity contribution >= 4 is 34.4 Å². The molecule has 3 atom stereocenters. The molecule has 0 radical (unpaired) electrons. The van der Waals surface area contributed by atoms with Crippen molar-refractivity contribution in [1.82, 2.24) is 30.6 Å². The van der Waals surface area contributed by atoms with E-state index in [2.05, 4.69) is 35.9 Å². The lowest BCUT2D eigenvalue weighted by Gasteiger charge is -2.32. The molecular weight excluding hydrogens is 449 g/mol. The van der Waals surface area contributed by atoms with Crippen molar-refractivity contribution in [3.8, 4) is 11.4 Å². The van der Waals surface area contributed by atoms with E-state index in [1.54, 1.807) is 18.5 Å². The first kappa shape index (κ1) is 22.0. The second kappa shape index (κ2) is 9.58. The molecule has 1 aliphatic carbocycles. The smallest absolute Gasteiger partial charge is 0.250 e. The van der Waals surface area contributed by atoms with Gasteiger partial charge in [0.25, 0.3) is 5.91 Å². The quantitative estimate of drug-likeness (QED) is 0.450. The number of ether oxygens (including phenoxy) is 1. The van der Waals surface area contributed by atoms with Gasteiger partial charge in [0.2, 0.25) is 0 Å². The van der Waals surface area contributed by atoms with E-state index in [4.69, 9.17) is 16.3 Å². The van der Waals surface area contributed by atoms with E-state index in [9.17, 15) is 9.18 Å². The number of anilines is 1. The van der Waals surface area contributed by atoms with Gasteiger partial charge in [0, 0.05) is 48.5 Å². The number of nitrogens with one attached hydrogen (secondary N) is 4. The SMILES string of the molecule is O=C(N[C@@H]1CCC[C@H](Nc2nc(-c3c[nH]c4ncc(Cl)cc34)ncc2F)C1)C1CNCCO1. The van der Waals surface area contributed by atoms with Crippen LogP contribution in [0.25, 0.3) is 22.4 Å². The molecule has 11 heteroatoms. The maximum absolute atomic E-state index is 14.6. The molecule has 0 bridgehead atoms. The molecule has 1 unspecified atom stereocenters. The fraction of sp³-hybridized carbons (Fsp3) is 0.455. The third-order valence-corrected chi connectivity index (χ3v) is 6.27. The molecule has 1 amide bonds. The fourth-order valence-electron chi connectivity index (χ4n) is 4.43. The molecule has 174 valence electrons. The Labute approximate surface area is 194 Å². The van der Waals surface area contributed by atoms with Gasteiger partial charge in [-0.3, -0.25) is 4.79 Å². The Morgan fingerprint density at radius 3 is 2.97 bits per heavy atom. The van der Waals surface area contributed by atoms with Crippen LogP contribution in [0, 0.1) is 5.82 Å². The first-order valence-electron chi connectivity index (χ1n) is 11.1. The number of morpholine rings is 1. The monoisotopic (exact) mass is 473 g/mol. The normalized spacial score (nSPS) is 23.4. The lowest BCUT2D eigenvalue weighted by molar-refractivity contribution is -0.135. The first-order valence-corrected chi connectivity index (χ1v) is 11.5. The van der Waals surface area contributed by atoms with Crippen molar-refractivity contribution in [2.24, 2.45) is 0 Å². The fourth-order valence-corrected chi connectivity index (χ4v) is 4.59. The number of carbonyl (C=O) groups is 1. The molecule has 1 aliphatic heterocycles. The molecule has 9 nitrogen and oxygen atoms in total. The van der Waals surface area contributed by atoms with Gasteiger partial charge < -0.3 is 25.7 Å². The number of amides is 1.